The minimum absolute atomic E-state index is 0.166. The highest BCUT2D eigenvalue weighted by Crippen LogP contribution is 2.33. The Labute approximate surface area is 126 Å². The van der Waals surface area contributed by atoms with Crippen LogP contribution in [0, 0.1) is 0 Å². The van der Waals surface area contributed by atoms with E-state index in [1.807, 2.05) is 30.3 Å². The molecule has 0 aliphatic rings. The molecule has 102 valence electrons. The van der Waals surface area contributed by atoms with Gasteiger partial charge in [0.1, 0.15) is 5.75 Å². The summed E-state index contributed by atoms with van der Waals surface area (Å²) in [6, 6.07) is 21.6. The lowest BCUT2D eigenvalue weighted by molar-refractivity contribution is 0.475. The van der Waals surface area contributed by atoms with Crippen LogP contribution in [0.2, 0.25) is 5.02 Å². The SMILES string of the molecule is Oc1cc(Cl)cc(-n2c3ccccc3c3ccccc32)c1. The third kappa shape index (κ3) is 1.88. The van der Waals surface area contributed by atoms with E-state index in [2.05, 4.69) is 28.8 Å². The minimum Gasteiger partial charge on any atom is -0.508 e. The molecule has 0 saturated carbocycles. The van der Waals surface area contributed by atoms with Crippen molar-refractivity contribution in [2.24, 2.45) is 0 Å². The number of para-hydroxylation sites is 2. The molecule has 0 fully saturated rings. The summed E-state index contributed by atoms with van der Waals surface area (Å²) < 4.78 is 2.12. The van der Waals surface area contributed by atoms with E-state index in [0.717, 1.165) is 16.7 Å². The maximum atomic E-state index is 9.84. The van der Waals surface area contributed by atoms with Gasteiger partial charge in [-0.2, -0.15) is 0 Å². The van der Waals surface area contributed by atoms with Gasteiger partial charge >= 0.3 is 0 Å². The summed E-state index contributed by atoms with van der Waals surface area (Å²) in [5.41, 5.74) is 3.05. The molecule has 21 heavy (non-hydrogen) atoms. The number of hydrogen-bond donors (Lipinski definition) is 1. The van der Waals surface area contributed by atoms with Crippen molar-refractivity contribution in [1.29, 1.82) is 0 Å². The van der Waals surface area contributed by atoms with E-state index in [4.69, 9.17) is 11.6 Å². The first-order valence-electron chi connectivity index (χ1n) is 6.72. The molecule has 0 aliphatic heterocycles. The van der Waals surface area contributed by atoms with Crippen LogP contribution in [0.5, 0.6) is 5.75 Å². The zero-order valence-corrected chi connectivity index (χ0v) is 11.9. The van der Waals surface area contributed by atoms with Gasteiger partial charge in [-0.1, -0.05) is 48.0 Å². The van der Waals surface area contributed by atoms with Gasteiger partial charge in [-0.05, 0) is 24.3 Å². The summed E-state index contributed by atoms with van der Waals surface area (Å²) in [5.74, 6) is 0.166. The molecule has 3 aromatic carbocycles. The number of rotatable bonds is 1. The van der Waals surface area contributed by atoms with Crippen molar-refractivity contribution >= 4 is 33.4 Å². The van der Waals surface area contributed by atoms with Gasteiger partial charge in [-0.25, -0.2) is 0 Å². The Morgan fingerprint density at radius 1 is 0.762 bits per heavy atom. The van der Waals surface area contributed by atoms with Gasteiger partial charge in [-0.15, -0.1) is 0 Å². The molecule has 0 amide bonds. The molecule has 0 aliphatic carbocycles. The Hall–Kier alpha value is -2.45. The van der Waals surface area contributed by atoms with E-state index < -0.39 is 0 Å². The number of nitrogens with zero attached hydrogens (tertiary/aromatic N) is 1. The lowest BCUT2D eigenvalue weighted by Gasteiger charge is -2.08. The molecule has 0 unspecified atom stereocenters. The van der Waals surface area contributed by atoms with Gasteiger partial charge in [0.15, 0.2) is 0 Å². The lowest BCUT2D eigenvalue weighted by Crippen LogP contribution is -1.93. The van der Waals surface area contributed by atoms with Crippen LogP contribution in [-0.4, -0.2) is 9.67 Å². The second-order valence-electron chi connectivity index (χ2n) is 5.04. The molecule has 1 N–H and O–H groups in total. The average molecular weight is 294 g/mol. The quantitative estimate of drug-likeness (QED) is 0.516. The number of halogens is 1. The number of fused-ring (bicyclic) bond motifs is 3. The number of phenols is 1. The first kappa shape index (κ1) is 12.3. The molecule has 0 radical (unpaired) electrons. The first-order valence-corrected chi connectivity index (χ1v) is 7.10. The highest BCUT2D eigenvalue weighted by molar-refractivity contribution is 6.31. The van der Waals surface area contributed by atoms with Gasteiger partial charge in [0.2, 0.25) is 0 Å². The van der Waals surface area contributed by atoms with Gasteiger partial charge < -0.3 is 9.67 Å². The number of hydrogen-bond acceptors (Lipinski definition) is 1. The number of phenolic OH excluding ortho intramolecular Hbond substituents is 1. The van der Waals surface area contributed by atoms with E-state index in [1.54, 1.807) is 12.1 Å². The predicted molar refractivity (Wildman–Crippen MR) is 87.5 cm³/mol. The van der Waals surface area contributed by atoms with E-state index in [9.17, 15) is 5.11 Å². The molecule has 0 bridgehead atoms. The minimum atomic E-state index is 0.166. The first-order chi connectivity index (χ1) is 10.2. The van der Waals surface area contributed by atoms with Crippen molar-refractivity contribution in [3.8, 4) is 11.4 Å². The molecule has 3 heteroatoms. The van der Waals surface area contributed by atoms with Crippen LogP contribution in [0.15, 0.2) is 66.7 Å². The van der Waals surface area contributed by atoms with E-state index in [1.165, 1.54) is 10.8 Å². The van der Waals surface area contributed by atoms with E-state index >= 15 is 0 Å². The molecule has 0 atom stereocenters. The monoisotopic (exact) mass is 293 g/mol. The summed E-state index contributed by atoms with van der Waals surface area (Å²) in [6.45, 7) is 0. The second-order valence-corrected chi connectivity index (χ2v) is 5.47. The Balaban J connectivity index is 2.20. The maximum absolute atomic E-state index is 9.84. The van der Waals surface area contributed by atoms with Crippen molar-refractivity contribution in [1.82, 2.24) is 4.57 Å². The normalized spacial score (nSPS) is 11.3. The number of aromatic nitrogens is 1. The summed E-state index contributed by atoms with van der Waals surface area (Å²) in [4.78, 5) is 0. The van der Waals surface area contributed by atoms with Crippen LogP contribution in [0.4, 0.5) is 0 Å². The standard InChI is InChI=1S/C18H12ClNO/c19-12-9-13(11-14(21)10-12)20-17-7-3-1-5-15(17)16-6-2-4-8-18(16)20/h1-11,21H. The van der Waals surface area contributed by atoms with Crippen LogP contribution in [0.3, 0.4) is 0 Å². The third-order valence-electron chi connectivity index (χ3n) is 3.71. The third-order valence-corrected chi connectivity index (χ3v) is 3.92. The largest absolute Gasteiger partial charge is 0.508 e. The van der Waals surface area contributed by atoms with Gasteiger partial charge in [0, 0.05) is 21.9 Å². The molecular formula is C18H12ClNO. The Morgan fingerprint density at radius 3 is 1.90 bits per heavy atom. The fraction of sp³-hybridized carbons (Fsp3) is 0. The Kier molecular flexibility index (Phi) is 2.66. The molecule has 0 spiro atoms. The van der Waals surface area contributed by atoms with Crippen molar-refractivity contribution in [3.63, 3.8) is 0 Å². The van der Waals surface area contributed by atoms with E-state index in [-0.39, 0.29) is 5.75 Å². The average Bonchev–Trinajstić information content (AvgIpc) is 2.81. The molecule has 0 saturated heterocycles. The smallest absolute Gasteiger partial charge is 0.119 e. The van der Waals surface area contributed by atoms with Crippen LogP contribution in [0.25, 0.3) is 27.5 Å². The summed E-state index contributed by atoms with van der Waals surface area (Å²) in [7, 11) is 0. The van der Waals surface area contributed by atoms with Crippen LogP contribution in [-0.2, 0) is 0 Å². The molecule has 1 aromatic heterocycles. The fourth-order valence-corrected chi connectivity index (χ4v) is 3.11. The highest BCUT2D eigenvalue weighted by atomic mass is 35.5. The Morgan fingerprint density at radius 2 is 1.33 bits per heavy atom. The number of aromatic hydroxyl groups is 1. The predicted octanol–water partition coefficient (Wildman–Crippen LogP) is 5.14. The van der Waals surface area contributed by atoms with Crippen molar-refractivity contribution < 1.29 is 5.11 Å². The van der Waals surface area contributed by atoms with Crippen LogP contribution in [0.1, 0.15) is 0 Å². The van der Waals surface area contributed by atoms with Crippen molar-refractivity contribution in [2.75, 3.05) is 0 Å². The Bertz CT molecular complexity index is 898. The summed E-state index contributed by atoms with van der Waals surface area (Å²) in [6.07, 6.45) is 0. The molecule has 2 nitrogen and oxygen atoms in total. The topological polar surface area (TPSA) is 25.2 Å². The fourth-order valence-electron chi connectivity index (χ4n) is 2.89. The molecule has 4 rings (SSSR count). The van der Waals surface area contributed by atoms with Gasteiger partial charge in [0.25, 0.3) is 0 Å². The summed E-state index contributed by atoms with van der Waals surface area (Å²) in [5, 5.41) is 12.7. The highest BCUT2D eigenvalue weighted by Gasteiger charge is 2.12. The maximum Gasteiger partial charge on any atom is 0.119 e. The summed E-state index contributed by atoms with van der Waals surface area (Å²) >= 11 is 6.10. The van der Waals surface area contributed by atoms with Gasteiger partial charge in [0.05, 0.1) is 16.7 Å². The molecule has 4 aromatic rings. The zero-order valence-electron chi connectivity index (χ0n) is 11.1. The van der Waals surface area contributed by atoms with Crippen LogP contribution < -0.4 is 0 Å². The number of benzene rings is 3. The second kappa shape index (κ2) is 4.54. The van der Waals surface area contributed by atoms with Crippen LogP contribution >= 0.6 is 11.6 Å². The molecule has 1 heterocycles. The molecular weight excluding hydrogens is 282 g/mol. The van der Waals surface area contributed by atoms with Gasteiger partial charge in [-0.3, -0.25) is 0 Å². The van der Waals surface area contributed by atoms with Crippen molar-refractivity contribution in [3.05, 3.63) is 71.8 Å². The zero-order chi connectivity index (χ0) is 14.4. The lowest BCUT2D eigenvalue weighted by atomic mass is 10.2. The van der Waals surface area contributed by atoms with Crippen molar-refractivity contribution in [2.45, 2.75) is 0 Å². The van der Waals surface area contributed by atoms with E-state index in [0.29, 0.717) is 5.02 Å².